The van der Waals surface area contributed by atoms with Gasteiger partial charge in [-0.3, -0.25) is 0 Å². The summed E-state index contributed by atoms with van der Waals surface area (Å²) >= 11 is 0. The molecule has 0 spiro atoms. The molecular weight excluding hydrogens is 294 g/mol. The number of hydrogen-bond donors (Lipinski definition) is 1. The van der Waals surface area contributed by atoms with Crippen molar-refractivity contribution in [1.29, 1.82) is 0 Å². The number of aromatic nitrogens is 2. The number of anilines is 3. The molecule has 7 heteroatoms. The van der Waals surface area contributed by atoms with Gasteiger partial charge < -0.3 is 24.6 Å². The Morgan fingerprint density at radius 2 is 1.83 bits per heavy atom. The van der Waals surface area contributed by atoms with Crippen molar-refractivity contribution in [3.8, 4) is 11.5 Å². The van der Waals surface area contributed by atoms with Gasteiger partial charge in [0.25, 0.3) is 0 Å². The number of nitrogens with one attached hydrogen (secondary N) is 1. The summed E-state index contributed by atoms with van der Waals surface area (Å²) in [6.07, 6.45) is 1.60. The lowest BCUT2D eigenvalue weighted by Crippen LogP contribution is -2.44. The lowest BCUT2D eigenvalue weighted by molar-refractivity contribution is 0.174. The molecule has 0 atom stereocenters. The minimum atomic E-state index is 0.278. The van der Waals surface area contributed by atoms with Gasteiger partial charge in [-0.25, -0.2) is 9.97 Å². The number of ether oxygens (including phenoxy) is 2. The minimum absolute atomic E-state index is 0.278. The van der Waals surface area contributed by atoms with Crippen molar-refractivity contribution < 1.29 is 9.47 Å². The van der Waals surface area contributed by atoms with E-state index in [2.05, 4.69) is 32.1 Å². The second-order valence-corrected chi connectivity index (χ2v) is 5.74. The predicted octanol–water partition coefficient (Wildman–Crippen LogP) is 1.70. The molecule has 0 unspecified atom stereocenters. The molecule has 1 aromatic carbocycles. The Balaban J connectivity index is 1.50. The minimum Gasteiger partial charge on any atom is -0.454 e. The van der Waals surface area contributed by atoms with E-state index in [9.17, 15) is 0 Å². The van der Waals surface area contributed by atoms with Gasteiger partial charge in [0.05, 0.1) is 0 Å². The van der Waals surface area contributed by atoms with Crippen LogP contribution < -0.4 is 19.7 Å². The first-order valence-corrected chi connectivity index (χ1v) is 7.70. The highest BCUT2D eigenvalue weighted by Crippen LogP contribution is 2.35. The van der Waals surface area contributed by atoms with E-state index >= 15 is 0 Å². The van der Waals surface area contributed by atoms with Gasteiger partial charge in [0.1, 0.15) is 18.0 Å². The van der Waals surface area contributed by atoms with Gasteiger partial charge >= 0.3 is 0 Å². The molecule has 1 aromatic heterocycles. The second kappa shape index (κ2) is 5.92. The van der Waals surface area contributed by atoms with Crippen molar-refractivity contribution in [3.63, 3.8) is 0 Å². The van der Waals surface area contributed by atoms with Crippen molar-refractivity contribution in [3.05, 3.63) is 30.6 Å². The van der Waals surface area contributed by atoms with E-state index in [0.29, 0.717) is 0 Å². The fourth-order valence-electron chi connectivity index (χ4n) is 2.75. The second-order valence-electron chi connectivity index (χ2n) is 5.74. The number of nitrogens with zero attached hydrogens (tertiary/aromatic N) is 4. The number of hydrogen-bond acceptors (Lipinski definition) is 7. The molecule has 0 amide bonds. The molecule has 23 heavy (non-hydrogen) atoms. The third-order valence-corrected chi connectivity index (χ3v) is 4.12. The molecule has 7 nitrogen and oxygen atoms in total. The van der Waals surface area contributed by atoms with Crippen LogP contribution in [0.1, 0.15) is 0 Å². The van der Waals surface area contributed by atoms with Crippen LogP contribution in [-0.2, 0) is 0 Å². The van der Waals surface area contributed by atoms with Gasteiger partial charge in [-0.15, -0.1) is 0 Å². The maximum atomic E-state index is 5.40. The quantitative estimate of drug-likeness (QED) is 0.925. The smallest absolute Gasteiger partial charge is 0.231 e. The van der Waals surface area contributed by atoms with Crippen molar-refractivity contribution in [2.75, 3.05) is 50.2 Å². The maximum absolute atomic E-state index is 5.40. The summed E-state index contributed by atoms with van der Waals surface area (Å²) in [5, 5.41) is 3.30. The number of rotatable bonds is 3. The van der Waals surface area contributed by atoms with Crippen molar-refractivity contribution in [1.82, 2.24) is 14.9 Å². The Kier molecular flexibility index (Phi) is 3.63. The van der Waals surface area contributed by atoms with Crippen LogP contribution >= 0.6 is 0 Å². The van der Waals surface area contributed by atoms with Crippen LogP contribution in [0.15, 0.2) is 30.6 Å². The van der Waals surface area contributed by atoms with Crippen molar-refractivity contribution in [2.24, 2.45) is 0 Å². The van der Waals surface area contributed by atoms with E-state index in [0.717, 1.165) is 55.0 Å². The summed E-state index contributed by atoms with van der Waals surface area (Å²) in [6.45, 7) is 4.34. The maximum Gasteiger partial charge on any atom is 0.231 e. The van der Waals surface area contributed by atoms with E-state index in [-0.39, 0.29) is 6.79 Å². The Morgan fingerprint density at radius 1 is 1.00 bits per heavy atom. The molecule has 0 radical (unpaired) electrons. The van der Waals surface area contributed by atoms with Crippen LogP contribution in [-0.4, -0.2) is 54.9 Å². The van der Waals surface area contributed by atoms with E-state index in [1.54, 1.807) is 6.33 Å². The SMILES string of the molecule is CN1CCN(c2cc(Nc3ccc4c(c3)OCO4)ncn2)CC1. The molecule has 1 N–H and O–H groups in total. The van der Waals surface area contributed by atoms with Crippen LogP contribution in [0.4, 0.5) is 17.3 Å². The Labute approximate surface area is 134 Å². The predicted molar refractivity (Wildman–Crippen MR) is 87.6 cm³/mol. The van der Waals surface area contributed by atoms with E-state index in [1.165, 1.54) is 0 Å². The highest BCUT2D eigenvalue weighted by Gasteiger charge is 2.16. The van der Waals surface area contributed by atoms with Gasteiger partial charge in [-0.1, -0.05) is 0 Å². The first-order valence-electron chi connectivity index (χ1n) is 7.70. The largest absolute Gasteiger partial charge is 0.454 e. The molecule has 2 aliphatic rings. The van der Waals surface area contributed by atoms with Crippen molar-refractivity contribution in [2.45, 2.75) is 0 Å². The monoisotopic (exact) mass is 313 g/mol. The average Bonchev–Trinajstić information content (AvgIpc) is 3.03. The molecular formula is C16H19N5O2. The fourth-order valence-corrected chi connectivity index (χ4v) is 2.75. The summed E-state index contributed by atoms with van der Waals surface area (Å²) in [7, 11) is 2.14. The van der Waals surface area contributed by atoms with Crippen LogP contribution in [0.25, 0.3) is 0 Å². The molecule has 120 valence electrons. The summed E-state index contributed by atoms with van der Waals surface area (Å²) in [5.41, 5.74) is 0.914. The Hall–Kier alpha value is -2.54. The van der Waals surface area contributed by atoms with Crippen LogP contribution in [0.2, 0.25) is 0 Å². The Bertz CT molecular complexity index is 701. The van der Waals surface area contributed by atoms with Crippen LogP contribution in [0.3, 0.4) is 0 Å². The third kappa shape index (κ3) is 3.00. The molecule has 0 bridgehead atoms. The molecule has 3 heterocycles. The molecule has 0 aliphatic carbocycles. The summed E-state index contributed by atoms with van der Waals surface area (Å²) < 4.78 is 10.7. The number of benzene rings is 1. The lowest BCUT2D eigenvalue weighted by Gasteiger charge is -2.33. The van der Waals surface area contributed by atoms with Gasteiger partial charge in [-0.05, 0) is 19.2 Å². The summed E-state index contributed by atoms with van der Waals surface area (Å²) in [4.78, 5) is 13.3. The molecule has 0 saturated carbocycles. The summed E-state index contributed by atoms with van der Waals surface area (Å²) in [5.74, 6) is 3.25. The van der Waals surface area contributed by atoms with E-state index in [4.69, 9.17) is 9.47 Å². The topological polar surface area (TPSA) is 62.8 Å². The van der Waals surface area contributed by atoms with Gasteiger partial charge in [0, 0.05) is 44.0 Å². The highest BCUT2D eigenvalue weighted by molar-refractivity contribution is 5.63. The molecule has 2 aromatic rings. The van der Waals surface area contributed by atoms with Gasteiger partial charge in [0.15, 0.2) is 11.5 Å². The zero-order valence-corrected chi connectivity index (χ0v) is 13.0. The first-order chi connectivity index (χ1) is 11.3. The van der Waals surface area contributed by atoms with E-state index in [1.807, 2.05) is 24.3 Å². The zero-order chi connectivity index (χ0) is 15.6. The van der Waals surface area contributed by atoms with Crippen LogP contribution in [0.5, 0.6) is 11.5 Å². The normalized spacial score (nSPS) is 17.3. The number of piperazine rings is 1. The number of likely N-dealkylation sites (N-methyl/N-ethyl adjacent to an activating group) is 1. The van der Waals surface area contributed by atoms with Gasteiger partial charge in [-0.2, -0.15) is 0 Å². The van der Waals surface area contributed by atoms with Crippen LogP contribution in [0, 0.1) is 0 Å². The first kappa shape index (κ1) is 14.1. The Morgan fingerprint density at radius 3 is 2.70 bits per heavy atom. The number of fused-ring (bicyclic) bond motifs is 1. The summed E-state index contributed by atoms with van der Waals surface area (Å²) in [6, 6.07) is 7.74. The zero-order valence-electron chi connectivity index (χ0n) is 13.0. The third-order valence-electron chi connectivity index (χ3n) is 4.12. The molecule has 1 saturated heterocycles. The standard InChI is InChI=1S/C16H19N5O2/c1-20-4-6-21(7-5-20)16-9-15(17-10-18-16)19-12-2-3-13-14(8-12)23-11-22-13/h2-3,8-10H,4-7,11H2,1H3,(H,17,18,19). The average molecular weight is 313 g/mol. The highest BCUT2D eigenvalue weighted by atomic mass is 16.7. The lowest BCUT2D eigenvalue weighted by atomic mass is 10.2. The van der Waals surface area contributed by atoms with Crippen molar-refractivity contribution >= 4 is 17.3 Å². The van der Waals surface area contributed by atoms with Gasteiger partial charge in [0.2, 0.25) is 6.79 Å². The molecule has 4 rings (SSSR count). The fraction of sp³-hybridized carbons (Fsp3) is 0.375. The van der Waals surface area contributed by atoms with E-state index < -0.39 is 0 Å². The molecule has 2 aliphatic heterocycles. The molecule has 1 fully saturated rings.